The number of fused-ring (bicyclic) bond motifs is 1. The maximum Gasteiger partial charge on any atom is 0.417 e. The maximum atomic E-state index is 13.6. The normalized spacial score (nSPS) is 11.7. The summed E-state index contributed by atoms with van der Waals surface area (Å²) in [5.41, 5.74) is 5.17. The molecule has 2 aromatic heterocycles. The van der Waals surface area contributed by atoms with Crippen LogP contribution in [-0.4, -0.2) is 51.8 Å². The van der Waals surface area contributed by atoms with E-state index in [1.54, 1.807) is 12.3 Å². The standard InChI is InChI=1S/C22H25F3N6O2/c1-4-31(5-2)12-13-8-9-28-18(10-13)33-17-7-6-15(22(23,24)25)14-11-16(29-19(14)17)20(32)30(3)21(26)27/h6-11,29H,4-5,12H2,1-3H3,(H3,26,27). The molecule has 0 spiro atoms. The lowest BCUT2D eigenvalue weighted by Gasteiger charge is -2.18. The quantitative estimate of drug-likeness (QED) is 0.360. The van der Waals surface area contributed by atoms with E-state index in [0.717, 1.165) is 35.7 Å². The van der Waals surface area contributed by atoms with Crippen LogP contribution in [0.25, 0.3) is 10.9 Å². The highest BCUT2D eigenvalue weighted by molar-refractivity contribution is 6.06. The Balaban J connectivity index is 2.03. The lowest BCUT2D eigenvalue weighted by molar-refractivity contribution is -0.136. The number of benzene rings is 1. The van der Waals surface area contributed by atoms with Crippen LogP contribution in [0.15, 0.2) is 36.5 Å². The molecule has 3 aromatic rings. The van der Waals surface area contributed by atoms with Gasteiger partial charge in [-0.25, -0.2) is 4.98 Å². The van der Waals surface area contributed by atoms with Gasteiger partial charge in [0, 0.05) is 31.2 Å². The number of rotatable bonds is 7. The minimum atomic E-state index is -4.65. The second kappa shape index (κ2) is 9.49. The van der Waals surface area contributed by atoms with Gasteiger partial charge >= 0.3 is 6.18 Å². The summed E-state index contributed by atoms with van der Waals surface area (Å²) < 4.78 is 46.6. The zero-order valence-corrected chi connectivity index (χ0v) is 18.5. The van der Waals surface area contributed by atoms with E-state index in [-0.39, 0.29) is 28.2 Å². The Bertz CT molecular complexity index is 1170. The summed E-state index contributed by atoms with van der Waals surface area (Å²) in [7, 11) is 1.25. The number of hydrogen-bond acceptors (Lipinski definition) is 5. The lowest BCUT2D eigenvalue weighted by atomic mass is 10.1. The van der Waals surface area contributed by atoms with Crippen molar-refractivity contribution in [2.45, 2.75) is 26.6 Å². The fourth-order valence-electron chi connectivity index (χ4n) is 3.35. The van der Waals surface area contributed by atoms with Gasteiger partial charge in [0.15, 0.2) is 11.7 Å². The molecule has 3 rings (SSSR count). The second-order valence-corrected chi connectivity index (χ2v) is 7.40. The highest BCUT2D eigenvalue weighted by Crippen LogP contribution is 2.39. The molecule has 176 valence electrons. The van der Waals surface area contributed by atoms with Gasteiger partial charge in [0.2, 0.25) is 5.88 Å². The van der Waals surface area contributed by atoms with Crippen LogP contribution in [0.4, 0.5) is 13.2 Å². The molecule has 0 radical (unpaired) electrons. The Morgan fingerprint density at radius 2 is 1.91 bits per heavy atom. The van der Waals surface area contributed by atoms with Crippen LogP contribution in [0.5, 0.6) is 11.6 Å². The van der Waals surface area contributed by atoms with Crippen LogP contribution in [0.1, 0.15) is 35.5 Å². The van der Waals surface area contributed by atoms with Crippen molar-refractivity contribution in [2.24, 2.45) is 5.73 Å². The molecular formula is C22H25F3N6O2. The van der Waals surface area contributed by atoms with Crippen LogP contribution in [0.2, 0.25) is 0 Å². The van der Waals surface area contributed by atoms with Gasteiger partial charge in [-0.15, -0.1) is 0 Å². The molecule has 0 fully saturated rings. The smallest absolute Gasteiger partial charge is 0.417 e. The molecule has 0 bridgehead atoms. The topological polar surface area (TPSA) is 111 Å². The molecule has 0 aliphatic heterocycles. The average Bonchev–Trinajstić information content (AvgIpc) is 3.21. The van der Waals surface area contributed by atoms with Crippen molar-refractivity contribution in [3.05, 3.63) is 53.3 Å². The Labute approximate surface area is 188 Å². The minimum Gasteiger partial charge on any atom is -0.437 e. The first-order valence-corrected chi connectivity index (χ1v) is 10.2. The third-order valence-electron chi connectivity index (χ3n) is 5.27. The number of aromatic nitrogens is 2. The number of carbonyl (C=O) groups excluding carboxylic acids is 1. The molecule has 0 aliphatic rings. The van der Waals surface area contributed by atoms with Gasteiger partial charge in [-0.05, 0) is 42.9 Å². The van der Waals surface area contributed by atoms with Crippen molar-refractivity contribution < 1.29 is 22.7 Å². The highest BCUT2D eigenvalue weighted by atomic mass is 19.4. The molecule has 1 aromatic carbocycles. The number of alkyl halides is 3. The number of ether oxygens (including phenoxy) is 1. The summed E-state index contributed by atoms with van der Waals surface area (Å²) >= 11 is 0. The number of H-pyrrole nitrogens is 1. The van der Waals surface area contributed by atoms with Crippen molar-refractivity contribution >= 4 is 22.8 Å². The zero-order valence-electron chi connectivity index (χ0n) is 18.5. The molecule has 0 saturated carbocycles. The van der Waals surface area contributed by atoms with Gasteiger partial charge < -0.3 is 15.5 Å². The molecule has 0 atom stereocenters. The molecule has 11 heteroatoms. The number of halogens is 3. The number of nitrogens with one attached hydrogen (secondary N) is 2. The van der Waals surface area contributed by atoms with Gasteiger partial charge in [0.25, 0.3) is 5.91 Å². The van der Waals surface area contributed by atoms with Gasteiger partial charge in [0.1, 0.15) is 5.69 Å². The summed E-state index contributed by atoms with van der Waals surface area (Å²) in [6.45, 7) is 6.50. The first kappa shape index (κ1) is 24.1. The van der Waals surface area contributed by atoms with Crippen molar-refractivity contribution in [3.8, 4) is 11.6 Å². The van der Waals surface area contributed by atoms with E-state index in [4.69, 9.17) is 15.9 Å². The minimum absolute atomic E-state index is 0.0129. The molecular weight excluding hydrogens is 437 g/mol. The number of guanidine groups is 1. The first-order chi connectivity index (χ1) is 15.5. The summed E-state index contributed by atoms with van der Waals surface area (Å²) in [6, 6.07) is 6.73. The van der Waals surface area contributed by atoms with E-state index < -0.39 is 23.6 Å². The summed E-state index contributed by atoms with van der Waals surface area (Å²) in [5, 5.41) is 7.16. The average molecular weight is 462 g/mol. The van der Waals surface area contributed by atoms with Crippen molar-refractivity contribution in [2.75, 3.05) is 20.1 Å². The van der Waals surface area contributed by atoms with E-state index in [2.05, 4.69) is 28.7 Å². The maximum absolute atomic E-state index is 13.6. The Morgan fingerprint density at radius 1 is 1.21 bits per heavy atom. The zero-order chi connectivity index (χ0) is 24.3. The van der Waals surface area contributed by atoms with Crippen LogP contribution in [0.3, 0.4) is 0 Å². The summed E-state index contributed by atoms with van der Waals surface area (Å²) in [6.07, 6.45) is -3.07. The number of hydrogen-bond donors (Lipinski definition) is 3. The molecule has 0 aliphatic carbocycles. The fraction of sp³-hybridized carbons (Fsp3) is 0.318. The Hall–Kier alpha value is -3.60. The highest BCUT2D eigenvalue weighted by Gasteiger charge is 2.34. The molecule has 8 nitrogen and oxygen atoms in total. The van der Waals surface area contributed by atoms with Crippen molar-refractivity contribution in [3.63, 3.8) is 0 Å². The molecule has 1 amide bonds. The van der Waals surface area contributed by atoms with Crippen molar-refractivity contribution in [1.29, 1.82) is 5.41 Å². The molecule has 0 saturated heterocycles. The van der Waals surface area contributed by atoms with Crippen LogP contribution in [0, 0.1) is 5.41 Å². The second-order valence-electron chi connectivity index (χ2n) is 7.40. The Kier molecular flexibility index (Phi) is 6.92. The van der Waals surface area contributed by atoms with Gasteiger partial charge in [0.05, 0.1) is 11.1 Å². The largest absolute Gasteiger partial charge is 0.437 e. The van der Waals surface area contributed by atoms with E-state index in [9.17, 15) is 18.0 Å². The number of aromatic amines is 1. The predicted octanol–water partition coefficient (Wildman–Crippen LogP) is 4.18. The number of nitrogens with zero attached hydrogens (tertiary/aromatic N) is 3. The van der Waals surface area contributed by atoms with Crippen LogP contribution < -0.4 is 10.5 Å². The molecule has 33 heavy (non-hydrogen) atoms. The van der Waals surface area contributed by atoms with Crippen molar-refractivity contribution in [1.82, 2.24) is 19.8 Å². The van der Waals surface area contributed by atoms with Gasteiger partial charge in [-0.2, -0.15) is 13.2 Å². The number of pyridine rings is 1. The third kappa shape index (κ3) is 5.25. The van der Waals surface area contributed by atoms with Gasteiger partial charge in [-0.3, -0.25) is 20.0 Å². The summed E-state index contributed by atoms with van der Waals surface area (Å²) in [4.78, 5) is 22.4. The SMILES string of the molecule is CCN(CC)Cc1ccnc(Oc2ccc(C(F)(F)F)c3cc(C(=O)N(C)C(=N)N)[nH]c23)c1. The predicted molar refractivity (Wildman–Crippen MR) is 118 cm³/mol. The molecule has 0 unspecified atom stereocenters. The van der Waals surface area contributed by atoms with Crippen LogP contribution in [-0.2, 0) is 12.7 Å². The summed E-state index contributed by atoms with van der Waals surface area (Å²) in [5.74, 6) is -1.00. The number of amides is 1. The van der Waals surface area contributed by atoms with Crippen LogP contribution >= 0.6 is 0 Å². The molecule has 2 heterocycles. The fourth-order valence-corrected chi connectivity index (χ4v) is 3.35. The number of carbonyl (C=O) groups is 1. The third-order valence-corrected chi connectivity index (χ3v) is 5.27. The van der Waals surface area contributed by atoms with E-state index in [1.807, 2.05) is 6.07 Å². The van der Waals surface area contributed by atoms with E-state index in [1.165, 1.54) is 13.1 Å². The lowest BCUT2D eigenvalue weighted by Crippen LogP contribution is -2.38. The Morgan fingerprint density at radius 3 is 2.52 bits per heavy atom. The first-order valence-electron chi connectivity index (χ1n) is 10.2. The van der Waals surface area contributed by atoms with Gasteiger partial charge in [-0.1, -0.05) is 13.8 Å². The van der Waals surface area contributed by atoms with E-state index >= 15 is 0 Å². The monoisotopic (exact) mass is 462 g/mol. The number of nitrogens with two attached hydrogens (primary N) is 1. The van der Waals surface area contributed by atoms with E-state index in [0.29, 0.717) is 6.54 Å². The molecule has 4 N–H and O–H groups in total.